The Hall–Kier alpha value is -5.80. The van der Waals surface area contributed by atoms with Gasteiger partial charge in [0.15, 0.2) is 0 Å². The Morgan fingerprint density at radius 3 is 1.66 bits per heavy atom. The zero-order valence-corrected chi connectivity index (χ0v) is 30.6. The molecule has 0 atom stereocenters. The molecule has 3 heterocycles. The molecular weight excluding hydrogens is 639 g/mol. The SMILES string of the molecule is CCCCc1ccc2c(c1)c1cc(CCCC)cc3c1n2-c1ccccc1B3n1c2cc(-c3ccccc3)ccc2c2ccc(-c3ccccc3)cc21. The third-order valence-electron chi connectivity index (χ3n) is 11.7. The van der Waals surface area contributed by atoms with Gasteiger partial charge in [0.1, 0.15) is 0 Å². The van der Waals surface area contributed by atoms with Crippen LogP contribution in [0.5, 0.6) is 0 Å². The van der Waals surface area contributed by atoms with E-state index in [1.165, 1.54) is 119 Å². The molecule has 0 saturated heterocycles. The standard InChI is InChI=1S/C50H43BN2/c1-3-5-15-34-23-28-46-42(29-34)43-30-35(16-6-4-2)31-45-50(43)52(46)47-22-14-13-21-44(47)51(45)53-48-32-38(36-17-9-7-10-18-36)24-26-40(48)41-27-25-39(33-49(41)53)37-19-11-8-12-20-37/h7-14,17-33H,3-6,15-16H2,1-2H3. The molecule has 0 bridgehead atoms. The predicted molar refractivity (Wildman–Crippen MR) is 229 cm³/mol. The van der Waals surface area contributed by atoms with Gasteiger partial charge >= 0.3 is 6.85 Å². The Morgan fingerprint density at radius 2 is 1.02 bits per heavy atom. The molecule has 0 N–H and O–H groups in total. The Morgan fingerprint density at radius 1 is 0.434 bits per heavy atom. The smallest absolute Gasteiger partial charge is 0.332 e. The van der Waals surface area contributed by atoms with Crippen LogP contribution in [0.2, 0.25) is 0 Å². The van der Waals surface area contributed by atoms with Crippen molar-refractivity contribution in [3.05, 3.63) is 163 Å². The molecule has 0 aliphatic carbocycles. The Balaban J connectivity index is 1.33. The average molecular weight is 683 g/mol. The summed E-state index contributed by atoms with van der Waals surface area (Å²) in [4.78, 5) is 0. The normalized spacial score (nSPS) is 12.4. The Kier molecular flexibility index (Phi) is 7.83. The van der Waals surface area contributed by atoms with Gasteiger partial charge in [-0.2, -0.15) is 0 Å². The van der Waals surface area contributed by atoms with Crippen molar-refractivity contribution in [3.8, 4) is 27.9 Å². The van der Waals surface area contributed by atoms with E-state index in [4.69, 9.17) is 0 Å². The molecule has 0 amide bonds. The number of rotatable bonds is 9. The van der Waals surface area contributed by atoms with Gasteiger partial charge in [0.2, 0.25) is 0 Å². The highest BCUT2D eigenvalue weighted by molar-refractivity contribution is 6.88. The summed E-state index contributed by atoms with van der Waals surface area (Å²) < 4.78 is 5.27. The highest BCUT2D eigenvalue weighted by Crippen LogP contribution is 2.39. The van der Waals surface area contributed by atoms with Crippen LogP contribution in [0.15, 0.2) is 152 Å². The van der Waals surface area contributed by atoms with E-state index in [0.29, 0.717) is 0 Å². The zero-order chi connectivity index (χ0) is 35.5. The van der Waals surface area contributed by atoms with E-state index in [0.717, 1.165) is 12.8 Å². The highest BCUT2D eigenvalue weighted by Gasteiger charge is 2.36. The van der Waals surface area contributed by atoms with E-state index in [1.54, 1.807) is 0 Å². The first-order valence-electron chi connectivity index (χ1n) is 19.6. The summed E-state index contributed by atoms with van der Waals surface area (Å²) >= 11 is 0. The highest BCUT2D eigenvalue weighted by atomic mass is 15.0. The van der Waals surface area contributed by atoms with Crippen molar-refractivity contribution in [2.24, 2.45) is 0 Å². The lowest BCUT2D eigenvalue weighted by molar-refractivity contribution is 0.796. The minimum absolute atomic E-state index is 0.0105. The van der Waals surface area contributed by atoms with Gasteiger partial charge in [-0.3, -0.25) is 0 Å². The molecule has 1 aliphatic heterocycles. The predicted octanol–water partition coefficient (Wildman–Crippen LogP) is 11.9. The molecular formula is C50H43BN2. The van der Waals surface area contributed by atoms with Crippen LogP contribution in [0, 0.1) is 0 Å². The van der Waals surface area contributed by atoms with Gasteiger partial charge in [0.05, 0.1) is 11.0 Å². The number of aryl methyl sites for hydroxylation is 2. The van der Waals surface area contributed by atoms with Crippen molar-refractivity contribution in [3.63, 3.8) is 0 Å². The summed E-state index contributed by atoms with van der Waals surface area (Å²) in [5.41, 5.74) is 17.0. The molecule has 0 spiro atoms. The monoisotopic (exact) mass is 682 g/mol. The molecule has 10 rings (SSSR count). The molecule has 0 saturated carbocycles. The van der Waals surface area contributed by atoms with Gasteiger partial charge in [-0.05, 0) is 106 Å². The van der Waals surface area contributed by atoms with Crippen LogP contribution >= 0.6 is 0 Å². The molecule has 3 heteroatoms. The van der Waals surface area contributed by atoms with Gasteiger partial charge in [-0.25, -0.2) is 0 Å². The minimum Gasteiger partial charge on any atom is -0.376 e. The van der Waals surface area contributed by atoms with Crippen molar-refractivity contribution in [2.75, 3.05) is 0 Å². The van der Waals surface area contributed by atoms with Crippen LogP contribution in [0.4, 0.5) is 0 Å². The van der Waals surface area contributed by atoms with Crippen molar-refractivity contribution >= 4 is 61.4 Å². The molecule has 0 radical (unpaired) electrons. The summed E-state index contributed by atoms with van der Waals surface area (Å²) in [5, 5.41) is 5.35. The lowest BCUT2D eigenvalue weighted by Gasteiger charge is -2.29. The molecule has 1 aliphatic rings. The summed E-state index contributed by atoms with van der Waals surface area (Å²) in [5.74, 6) is 0. The number of hydrogen-bond acceptors (Lipinski definition) is 0. The first kappa shape index (κ1) is 31.9. The molecule has 53 heavy (non-hydrogen) atoms. The molecule has 0 fully saturated rings. The number of nitrogens with zero attached hydrogens (tertiary/aromatic N) is 2. The maximum absolute atomic E-state index is 2.69. The quantitative estimate of drug-likeness (QED) is 0.134. The fraction of sp³-hybridized carbons (Fsp3) is 0.160. The summed E-state index contributed by atoms with van der Waals surface area (Å²) in [6.07, 6.45) is 6.99. The second-order valence-electron chi connectivity index (χ2n) is 15.0. The number of aromatic nitrogens is 2. The van der Waals surface area contributed by atoms with Crippen LogP contribution in [-0.4, -0.2) is 15.9 Å². The number of para-hydroxylation sites is 1. The van der Waals surface area contributed by atoms with Crippen molar-refractivity contribution < 1.29 is 0 Å². The maximum Gasteiger partial charge on any atom is 0.332 e. The third-order valence-corrected chi connectivity index (χ3v) is 11.7. The number of benzene rings is 7. The topological polar surface area (TPSA) is 9.86 Å². The maximum atomic E-state index is 2.69. The largest absolute Gasteiger partial charge is 0.376 e. The van der Waals surface area contributed by atoms with Gasteiger partial charge in [0, 0.05) is 38.3 Å². The van der Waals surface area contributed by atoms with Gasteiger partial charge < -0.3 is 9.05 Å². The van der Waals surface area contributed by atoms with E-state index < -0.39 is 0 Å². The van der Waals surface area contributed by atoms with Crippen LogP contribution in [0.1, 0.15) is 50.7 Å². The third kappa shape index (κ3) is 5.17. The summed E-state index contributed by atoms with van der Waals surface area (Å²) in [6, 6.07) is 57.4. The number of fused-ring (bicyclic) bond motifs is 8. The van der Waals surface area contributed by atoms with Gasteiger partial charge in [0.25, 0.3) is 0 Å². The van der Waals surface area contributed by atoms with Crippen LogP contribution < -0.4 is 10.9 Å². The van der Waals surface area contributed by atoms with Gasteiger partial charge in [-0.1, -0.05) is 142 Å². The minimum atomic E-state index is -0.0105. The fourth-order valence-corrected chi connectivity index (χ4v) is 9.12. The van der Waals surface area contributed by atoms with Crippen molar-refractivity contribution in [1.29, 1.82) is 0 Å². The Labute approximate surface area is 312 Å². The second-order valence-corrected chi connectivity index (χ2v) is 15.0. The van der Waals surface area contributed by atoms with E-state index in [9.17, 15) is 0 Å². The van der Waals surface area contributed by atoms with E-state index in [-0.39, 0.29) is 6.85 Å². The molecule has 0 unspecified atom stereocenters. The molecule has 2 aromatic heterocycles. The van der Waals surface area contributed by atoms with Crippen molar-refractivity contribution in [2.45, 2.75) is 52.4 Å². The summed E-state index contributed by atoms with van der Waals surface area (Å²) in [6.45, 7) is 4.58. The Bertz CT molecular complexity index is 2710. The molecule has 2 nitrogen and oxygen atoms in total. The first-order chi connectivity index (χ1) is 26.2. The van der Waals surface area contributed by atoms with Crippen LogP contribution in [0.3, 0.4) is 0 Å². The molecule has 256 valence electrons. The number of hydrogen-bond donors (Lipinski definition) is 0. The molecule has 9 aromatic rings. The van der Waals surface area contributed by atoms with E-state index >= 15 is 0 Å². The first-order valence-corrected chi connectivity index (χ1v) is 19.6. The van der Waals surface area contributed by atoms with E-state index in [1.807, 2.05) is 0 Å². The van der Waals surface area contributed by atoms with E-state index in [2.05, 4.69) is 175 Å². The zero-order valence-electron chi connectivity index (χ0n) is 30.6. The molecule has 7 aromatic carbocycles. The van der Waals surface area contributed by atoms with Crippen LogP contribution in [-0.2, 0) is 12.8 Å². The van der Waals surface area contributed by atoms with Crippen molar-refractivity contribution in [1.82, 2.24) is 9.05 Å². The number of unbranched alkanes of at least 4 members (excludes halogenated alkanes) is 2. The lowest BCUT2D eigenvalue weighted by atomic mass is 9.48. The summed E-state index contributed by atoms with van der Waals surface area (Å²) in [7, 11) is 0. The average Bonchev–Trinajstić information content (AvgIpc) is 3.72. The fourth-order valence-electron chi connectivity index (χ4n) is 9.12. The second kappa shape index (κ2) is 13.0. The lowest BCUT2D eigenvalue weighted by Crippen LogP contribution is -2.53. The van der Waals surface area contributed by atoms with Gasteiger partial charge in [-0.15, -0.1) is 0 Å². The van der Waals surface area contributed by atoms with Crippen LogP contribution in [0.25, 0.3) is 71.6 Å².